The third-order valence-corrected chi connectivity index (χ3v) is 10.1. The van der Waals surface area contributed by atoms with Crippen molar-refractivity contribution >= 4 is 0 Å². The number of methoxy groups -OCH3 is 2. The topological polar surface area (TPSA) is 38.7 Å². The minimum absolute atomic E-state index is 0.162. The van der Waals surface area contributed by atoms with Crippen molar-refractivity contribution in [2.75, 3.05) is 14.2 Å². The first kappa shape index (κ1) is 18.3. The molecule has 25 heavy (non-hydrogen) atoms. The minimum atomic E-state index is -0.419. The lowest BCUT2D eigenvalue weighted by atomic mass is 9.39. The van der Waals surface area contributed by atoms with E-state index in [2.05, 4.69) is 20.8 Å². The van der Waals surface area contributed by atoms with E-state index in [0.29, 0.717) is 11.8 Å². The highest BCUT2D eigenvalue weighted by Gasteiger charge is 2.68. The molecule has 4 fully saturated rings. The summed E-state index contributed by atoms with van der Waals surface area (Å²) in [5.74, 6) is 0.729. The van der Waals surface area contributed by atoms with Crippen LogP contribution in [0.15, 0.2) is 0 Å². The fraction of sp³-hybridized carbons (Fsp3) is 1.00. The van der Waals surface area contributed by atoms with E-state index in [1.54, 1.807) is 14.2 Å². The van der Waals surface area contributed by atoms with Gasteiger partial charge in [-0.2, -0.15) is 0 Å². The second-order valence-electron chi connectivity index (χ2n) is 10.6. The molecule has 0 aromatic heterocycles. The third kappa shape index (κ3) is 2.15. The molecule has 3 nitrogen and oxygen atoms in total. The van der Waals surface area contributed by atoms with Crippen molar-refractivity contribution in [2.24, 2.45) is 28.1 Å². The summed E-state index contributed by atoms with van der Waals surface area (Å²) in [6.45, 7) is 7.37. The summed E-state index contributed by atoms with van der Waals surface area (Å²) in [7, 11) is 3.60. The molecule has 0 aromatic carbocycles. The molecule has 0 bridgehead atoms. The van der Waals surface area contributed by atoms with Gasteiger partial charge < -0.3 is 14.6 Å². The number of hydrogen-bond donors (Lipinski definition) is 1. The lowest BCUT2D eigenvalue weighted by molar-refractivity contribution is -0.292. The number of rotatable bonds is 2. The standard InChI is InChI=1S/C22H38O3/c1-18-9-6-10-22(18,23)17-8-12-19(2)15-21(24-4,25-5)14-13-20(19,3)16(17)7-11-18/h16-17,23H,6-15H2,1-5H3/t16-,17+,18-,19+,20+,22-/m1/s1. The second-order valence-corrected chi connectivity index (χ2v) is 10.6. The normalized spacial score (nSPS) is 54.5. The van der Waals surface area contributed by atoms with Crippen LogP contribution in [0, 0.1) is 28.1 Å². The van der Waals surface area contributed by atoms with Gasteiger partial charge in [-0.1, -0.05) is 20.8 Å². The first-order valence-electron chi connectivity index (χ1n) is 10.5. The van der Waals surface area contributed by atoms with Crippen molar-refractivity contribution in [3.8, 4) is 0 Å². The van der Waals surface area contributed by atoms with Gasteiger partial charge in [0, 0.05) is 27.1 Å². The van der Waals surface area contributed by atoms with Gasteiger partial charge in [0.05, 0.1) is 5.60 Å². The highest BCUT2D eigenvalue weighted by Crippen LogP contribution is 2.71. The van der Waals surface area contributed by atoms with Gasteiger partial charge in [0.25, 0.3) is 0 Å². The van der Waals surface area contributed by atoms with Crippen molar-refractivity contribution in [1.82, 2.24) is 0 Å². The Morgan fingerprint density at radius 1 is 0.760 bits per heavy atom. The molecule has 0 heterocycles. The van der Waals surface area contributed by atoms with Gasteiger partial charge >= 0.3 is 0 Å². The van der Waals surface area contributed by atoms with E-state index < -0.39 is 11.4 Å². The van der Waals surface area contributed by atoms with Crippen LogP contribution < -0.4 is 0 Å². The van der Waals surface area contributed by atoms with Gasteiger partial charge in [0.1, 0.15) is 0 Å². The van der Waals surface area contributed by atoms with Crippen molar-refractivity contribution < 1.29 is 14.6 Å². The van der Waals surface area contributed by atoms with E-state index in [0.717, 1.165) is 25.7 Å². The largest absolute Gasteiger partial charge is 0.389 e. The van der Waals surface area contributed by atoms with Crippen LogP contribution in [-0.4, -0.2) is 30.7 Å². The summed E-state index contributed by atoms with van der Waals surface area (Å²) in [5, 5.41) is 11.8. The molecular formula is C22H38O3. The zero-order valence-electron chi connectivity index (χ0n) is 17.0. The molecular weight excluding hydrogens is 312 g/mol. The monoisotopic (exact) mass is 350 g/mol. The van der Waals surface area contributed by atoms with Crippen molar-refractivity contribution in [1.29, 1.82) is 0 Å². The number of aliphatic hydroxyl groups is 1. The summed E-state index contributed by atoms with van der Waals surface area (Å²) in [4.78, 5) is 0. The third-order valence-electron chi connectivity index (χ3n) is 10.1. The molecule has 0 aromatic rings. The molecule has 0 unspecified atom stereocenters. The second kappa shape index (κ2) is 5.45. The zero-order chi connectivity index (χ0) is 18.1. The Bertz CT molecular complexity index is 543. The molecule has 4 rings (SSSR count). The Morgan fingerprint density at radius 3 is 2.08 bits per heavy atom. The maximum atomic E-state index is 11.8. The van der Waals surface area contributed by atoms with Gasteiger partial charge in [0.2, 0.25) is 0 Å². The van der Waals surface area contributed by atoms with E-state index in [1.165, 1.54) is 38.5 Å². The summed E-state index contributed by atoms with van der Waals surface area (Å²) in [6.07, 6.45) is 11.4. The Labute approximate surface area is 153 Å². The number of ether oxygens (including phenoxy) is 2. The molecule has 4 saturated carbocycles. The van der Waals surface area contributed by atoms with Gasteiger partial charge in [-0.25, -0.2) is 0 Å². The van der Waals surface area contributed by atoms with Crippen molar-refractivity contribution in [3.63, 3.8) is 0 Å². The molecule has 144 valence electrons. The molecule has 0 saturated heterocycles. The summed E-state index contributed by atoms with van der Waals surface area (Å²) in [5.41, 5.74) is 0.268. The Kier molecular flexibility index (Phi) is 3.98. The maximum Gasteiger partial charge on any atom is 0.168 e. The molecule has 0 amide bonds. The highest BCUT2D eigenvalue weighted by atomic mass is 16.7. The fourth-order valence-electron chi connectivity index (χ4n) is 8.00. The summed E-state index contributed by atoms with van der Waals surface area (Å²) in [6, 6.07) is 0. The van der Waals surface area contributed by atoms with Crippen LogP contribution in [0.25, 0.3) is 0 Å². The van der Waals surface area contributed by atoms with E-state index in [4.69, 9.17) is 9.47 Å². The van der Waals surface area contributed by atoms with Gasteiger partial charge in [0.15, 0.2) is 5.79 Å². The fourth-order valence-corrected chi connectivity index (χ4v) is 8.00. The predicted molar refractivity (Wildman–Crippen MR) is 99.2 cm³/mol. The maximum absolute atomic E-state index is 11.8. The van der Waals surface area contributed by atoms with E-state index in [9.17, 15) is 5.11 Å². The van der Waals surface area contributed by atoms with Crippen LogP contribution in [0.3, 0.4) is 0 Å². The van der Waals surface area contributed by atoms with E-state index in [-0.39, 0.29) is 16.2 Å². The van der Waals surface area contributed by atoms with E-state index in [1.807, 2.05) is 0 Å². The van der Waals surface area contributed by atoms with Crippen LogP contribution in [0.4, 0.5) is 0 Å². The predicted octanol–water partition coefficient (Wildman–Crippen LogP) is 4.91. The van der Waals surface area contributed by atoms with Gasteiger partial charge in [-0.3, -0.25) is 0 Å². The molecule has 4 aliphatic rings. The van der Waals surface area contributed by atoms with E-state index >= 15 is 0 Å². The molecule has 3 heteroatoms. The Morgan fingerprint density at radius 2 is 1.40 bits per heavy atom. The van der Waals surface area contributed by atoms with Gasteiger partial charge in [-0.05, 0) is 79.4 Å². The number of hydrogen-bond acceptors (Lipinski definition) is 3. The molecule has 4 aliphatic carbocycles. The molecule has 1 N–H and O–H groups in total. The SMILES string of the molecule is COC1(OC)CC[C@@]2(C)[C@@H]3CC[C@@]4(C)CCC[C@@]4(O)[C@H]3CC[C@@]2(C)C1. The van der Waals surface area contributed by atoms with Gasteiger partial charge in [-0.15, -0.1) is 0 Å². The van der Waals surface area contributed by atoms with Crippen LogP contribution in [-0.2, 0) is 9.47 Å². The summed E-state index contributed by atoms with van der Waals surface area (Å²) < 4.78 is 11.7. The Hall–Kier alpha value is -0.120. The Balaban J connectivity index is 1.68. The molecule has 0 radical (unpaired) electrons. The average molecular weight is 351 g/mol. The van der Waals surface area contributed by atoms with Crippen molar-refractivity contribution in [2.45, 2.75) is 96.4 Å². The first-order chi connectivity index (χ1) is 11.7. The lowest BCUT2D eigenvalue weighted by Gasteiger charge is -2.67. The first-order valence-corrected chi connectivity index (χ1v) is 10.5. The van der Waals surface area contributed by atoms with Crippen LogP contribution in [0.1, 0.15) is 85.0 Å². The quantitative estimate of drug-likeness (QED) is 0.719. The zero-order valence-corrected chi connectivity index (χ0v) is 17.0. The molecule has 0 spiro atoms. The molecule has 0 aliphatic heterocycles. The smallest absolute Gasteiger partial charge is 0.168 e. The highest BCUT2D eigenvalue weighted by molar-refractivity contribution is 5.17. The summed E-state index contributed by atoms with van der Waals surface area (Å²) >= 11 is 0. The molecule has 6 atom stereocenters. The minimum Gasteiger partial charge on any atom is -0.389 e. The average Bonchev–Trinajstić information content (AvgIpc) is 2.90. The van der Waals surface area contributed by atoms with Crippen molar-refractivity contribution in [3.05, 3.63) is 0 Å². The van der Waals surface area contributed by atoms with Crippen LogP contribution in [0.5, 0.6) is 0 Å². The van der Waals surface area contributed by atoms with Crippen LogP contribution >= 0.6 is 0 Å². The van der Waals surface area contributed by atoms with Crippen LogP contribution in [0.2, 0.25) is 0 Å². The lowest BCUT2D eigenvalue weighted by Crippen LogP contribution is -2.65. The number of fused-ring (bicyclic) bond motifs is 5.